The van der Waals surface area contributed by atoms with E-state index in [0.29, 0.717) is 6.42 Å². The molecule has 3 fully saturated rings. The summed E-state index contributed by atoms with van der Waals surface area (Å²) in [5.41, 5.74) is -1.25. The van der Waals surface area contributed by atoms with Gasteiger partial charge in [-0.1, -0.05) is 46.3 Å². The van der Waals surface area contributed by atoms with Crippen LogP contribution in [0.25, 0.3) is 0 Å². The van der Waals surface area contributed by atoms with Gasteiger partial charge in [0.15, 0.2) is 18.0 Å². The van der Waals surface area contributed by atoms with Gasteiger partial charge < -0.3 is 9.47 Å². The summed E-state index contributed by atoms with van der Waals surface area (Å²) in [5, 5.41) is -0.274. The van der Waals surface area contributed by atoms with Gasteiger partial charge in [-0.3, -0.25) is 19.2 Å². The number of ketones is 2. The molecule has 0 bridgehead atoms. The lowest BCUT2D eigenvalue weighted by Gasteiger charge is -2.60. The summed E-state index contributed by atoms with van der Waals surface area (Å²) in [6.45, 7) is 9.17. The first kappa shape index (κ1) is 26.1. The van der Waals surface area contributed by atoms with E-state index in [-0.39, 0.29) is 58.9 Å². The summed E-state index contributed by atoms with van der Waals surface area (Å²) in [5.74, 6) is -1.02. The van der Waals surface area contributed by atoms with Crippen LogP contribution in [0.1, 0.15) is 73.1 Å². The van der Waals surface area contributed by atoms with Crippen LogP contribution in [0.15, 0.2) is 23.8 Å². The van der Waals surface area contributed by atoms with E-state index in [0.717, 1.165) is 24.8 Å². The Morgan fingerprint density at radius 2 is 1.83 bits per heavy atom. The second-order valence-corrected chi connectivity index (χ2v) is 11.9. The average Bonchev–Trinajstić information content (AvgIpc) is 3.04. The third-order valence-electron chi connectivity index (χ3n) is 9.63. The highest BCUT2D eigenvalue weighted by atomic mass is 35.5. The van der Waals surface area contributed by atoms with Gasteiger partial charge in [0.2, 0.25) is 5.78 Å². The van der Waals surface area contributed by atoms with E-state index in [1.165, 1.54) is 0 Å². The maximum atomic E-state index is 13.8. The van der Waals surface area contributed by atoms with Crippen molar-refractivity contribution in [3.63, 3.8) is 0 Å². The van der Waals surface area contributed by atoms with E-state index in [9.17, 15) is 19.2 Å². The minimum absolute atomic E-state index is 0.0231. The quantitative estimate of drug-likeness (QED) is 0.375. The molecule has 6 nitrogen and oxygen atoms in total. The van der Waals surface area contributed by atoms with Gasteiger partial charge in [-0.15, -0.1) is 11.6 Å². The van der Waals surface area contributed by atoms with Crippen molar-refractivity contribution in [1.82, 2.24) is 0 Å². The molecule has 0 N–H and O–H groups in total. The van der Waals surface area contributed by atoms with Crippen LogP contribution >= 0.6 is 11.6 Å². The Labute approximate surface area is 212 Å². The Morgan fingerprint density at radius 3 is 2.49 bits per heavy atom. The molecule has 0 aromatic heterocycles. The SMILES string of the molecule is CCC(=O)OCC(=O)[C@@]1(OC(=O)CC)[C@@H](C)C[C@H]2[C@@H]3CCC4=CC(=O)C=C[C@]4(C)[C@H]3[C@@H](Cl)C[C@@]21C. The number of hydrogen-bond acceptors (Lipinski definition) is 6. The number of alkyl halides is 1. The van der Waals surface area contributed by atoms with Crippen LogP contribution in [0.3, 0.4) is 0 Å². The predicted molar refractivity (Wildman–Crippen MR) is 132 cm³/mol. The fourth-order valence-electron chi connectivity index (χ4n) is 8.05. The Kier molecular flexibility index (Phi) is 6.84. The Morgan fingerprint density at radius 1 is 1.14 bits per heavy atom. The number of carbonyl (C=O) groups excluding carboxylic acids is 4. The number of Topliss-reactive ketones (excluding diaryl/α,β-unsaturated/α-hetero) is 1. The van der Waals surface area contributed by atoms with Crippen molar-refractivity contribution in [1.29, 1.82) is 0 Å². The molecule has 0 aromatic rings. The molecule has 0 saturated heterocycles. The van der Waals surface area contributed by atoms with Gasteiger partial charge in [-0.2, -0.15) is 0 Å². The molecule has 0 heterocycles. The van der Waals surface area contributed by atoms with Crippen molar-refractivity contribution in [3.8, 4) is 0 Å². The van der Waals surface area contributed by atoms with Crippen molar-refractivity contribution in [3.05, 3.63) is 23.8 Å². The molecule has 0 spiro atoms. The van der Waals surface area contributed by atoms with Gasteiger partial charge in [0.05, 0.1) is 0 Å². The van der Waals surface area contributed by atoms with E-state index < -0.39 is 29.6 Å². The highest BCUT2D eigenvalue weighted by molar-refractivity contribution is 6.21. The highest BCUT2D eigenvalue weighted by Crippen LogP contribution is 2.70. The fraction of sp³-hybridized carbons (Fsp3) is 0.714. The van der Waals surface area contributed by atoms with Gasteiger partial charge in [0.25, 0.3) is 0 Å². The summed E-state index contributed by atoms with van der Waals surface area (Å²) in [4.78, 5) is 50.5. The standard InChI is InChI=1S/C28H37ClO6/c1-6-23(32)34-15-22(31)28(35-24(33)7-2)16(3)12-20-19-9-8-17-13-18(30)10-11-26(17,4)25(19)21(29)14-27(20,28)5/h10-11,13,16,19-21,25H,6-9,12,14-15H2,1-5H3/t16-,19-,20-,21-,25+,26-,27-,28-/m0/s1. The zero-order valence-corrected chi connectivity index (χ0v) is 22.2. The van der Waals surface area contributed by atoms with Crippen LogP contribution in [-0.4, -0.2) is 41.1 Å². The van der Waals surface area contributed by atoms with Gasteiger partial charge in [0.1, 0.15) is 0 Å². The molecule has 0 aromatic carbocycles. The minimum atomic E-state index is -1.40. The molecule has 4 aliphatic carbocycles. The Hall–Kier alpha value is -1.95. The largest absolute Gasteiger partial charge is 0.457 e. The lowest BCUT2D eigenvalue weighted by atomic mass is 9.47. The zero-order valence-electron chi connectivity index (χ0n) is 21.4. The third kappa shape index (κ3) is 3.82. The Balaban J connectivity index is 1.76. The first-order valence-electron chi connectivity index (χ1n) is 12.9. The van der Waals surface area contributed by atoms with Gasteiger partial charge in [0, 0.05) is 35.0 Å². The molecule has 0 aliphatic heterocycles. The summed E-state index contributed by atoms with van der Waals surface area (Å²) in [6.07, 6.45) is 8.67. The Bertz CT molecular complexity index is 999. The van der Waals surface area contributed by atoms with Crippen molar-refractivity contribution in [2.24, 2.45) is 34.5 Å². The normalized spacial score (nSPS) is 41.8. The van der Waals surface area contributed by atoms with Gasteiger partial charge in [-0.05, 0) is 55.6 Å². The number of halogens is 1. The molecule has 8 atom stereocenters. The second-order valence-electron chi connectivity index (χ2n) is 11.3. The molecule has 0 unspecified atom stereocenters. The number of ether oxygens (including phenoxy) is 2. The molecule has 3 saturated carbocycles. The number of rotatable bonds is 6. The van der Waals surface area contributed by atoms with E-state index in [1.54, 1.807) is 26.0 Å². The lowest BCUT2D eigenvalue weighted by molar-refractivity contribution is -0.196. The van der Waals surface area contributed by atoms with Crippen LogP contribution in [0.5, 0.6) is 0 Å². The summed E-state index contributed by atoms with van der Waals surface area (Å²) >= 11 is 7.21. The maximum absolute atomic E-state index is 13.8. The molecule has 4 aliphatic rings. The summed E-state index contributed by atoms with van der Waals surface area (Å²) in [6, 6.07) is 0. The minimum Gasteiger partial charge on any atom is -0.457 e. The highest BCUT2D eigenvalue weighted by Gasteiger charge is 2.72. The van der Waals surface area contributed by atoms with E-state index in [2.05, 4.69) is 6.92 Å². The van der Waals surface area contributed by atoms with Crippen molar-refractivity contribution < 1.29 is 28.7 Å². The van der Waals surface area contributed by atoms with Crippen molar-refractivity contribution >= 4 is 35.1 Å². The predicted octanol–water partition coefficient (Wildman–Crippen LogP) is 4.97. The molecule has 35 heavy (non-hydrogen) atoms. The number of fused-ring (bicyclic) bond motifs is 5. The number of allylic oxidation sites excluding steroid dienone is 4. The molecule has 7 heteroatoms. The molecule has 4 rings (SSSR count). The van der Waals surface area contributed by atoms with Crippen LogP contribution in [0.2, 0.25) is 0 Å². The smallest absolute Gasteiger partial charge is 0.306 e. The monoisotopic (exact) mass is 504 g/mol. The molecule has 0 amide bonds. The average molecular weight is 505 g/mol. The number of carbonyl (C=O) groups is 4. The number of hydrogen-bond donors (Lipinski definition) is 0. The number of esters is 2. The second kappa shape index (κ2) is 9.17. The van der Waals surface area contributed by atoms with E-state index >= 15 is 0 Å². The lowest BCUT2D eigenvalue weighted by Crippen LogP contribution is -2.63. The summed E-state index contributed by atoms with van der Waals surface area (Å²) in [7, 11) is 0. The molecular weight excluding hydrogens is 468 g/mol. The van der Waals surface area contributed by atoms with Crippen LogP contribution < -0.4 is 0 Å². The molecule has 192 valence electrons. The fourth-order valence-corrected chi connectivity index (χ4v) is 8.82. The van der Waals surface area contributed by atoms with Gasteiger partial charge >= 0.3 is 11.9 Å². The first-order valence-corrected chi connectivity index (χ1v) is 13.4. The maximum Gasteiger partial charge on any atom is 0.306 e. The molecule has 0 radical (unpaired) electrons. The zero-order chi connectivity index (χ0) is 25.8. The van der Waals surface area contributed by atoms with Gasteiger partial charge in [-0.25, -0.2) is 0 Å². The van der Waals surface area contributed by atoms with Crippen LogP contribution in [-0.2, 0) is 28.7 Å². The van der Waals surface area contributed by atoms with E-state index in [4.69, 9.17) is 21.1 Å². The topological polar surface area (TPSA) is 86.7 Å². The van der Waals surface area contributed by atoms with Crippen molar-refractivity contribution in [2.45, 2.75) is 84.1 Å². The third-order valence-corrected chi connectivity index (χ3v) is 10.1. The van der Waals surface area contributed by atoms with Crippen LogP contribution in [0, 0.1) is 34.5 Å². The summed E-state index contributed by atoms with van der Waals surface area (Å²) < 4.78 is 11.4. The first-order chi connectivity index (χ1) is 16.4. The van der Waals surface area contributed by atoms with Crippen LogP contribution in [0.4, 0.5) is 0 Å². The van der Waals surface area contributed by atoms with E-state index in [1.807, 2.05) is 19.9 Å². The van der Waals surface area contributed by atoms with Crippen molar-refractivity contribution in [2.75, 3.05) is 6.61 Å². The molecular formula is C28H37ClO6.